The Balaban J connectivity index is 2.92. The number of rotatable bonds is 6. The van der Waals surface area contributed by atoms with Gasteiger partial charge in [0.25, 0.3) is 5.69 Å². The van der Waals surface area contributed by atoms with Crippen molar-refractivity contribution in [3.05, 3.63) is 33.6 Å². The second-order valence-corrected chi connectivity index (χ2v) is 5.36. The summed E-state index contributed by atoms with van der Waals surface area (Å²) < 4.78 is 19.1. The number of hydrogen-bond donors (Lipinski definition) is 1. The number of benzene rings is 1. The highest BCUT2D eigenvalue weighted by molar-refractivity contribution is 5.45. The minimum Gasteiger partial charge on any atom is -0.487 e. The molecule has 0 fully saturated rings. The standard InChI is InChI=1S/C14H18FN3O3/c1-9(2)17-14(4,7-16)8-21-13-5-10(3)12(18(19)20)6-11(13)15/h5-6,9,17H,8H2,1-4H3. The van der Waals surface area contributed by atoms with E-state index in [-0.39, 0.29) is 24.1 Å². The lowest BCUT2D eigenvalue weighted by molar-refractivity contribution is -0.385. The first kappa shape index (κ1) is 16.9. The van der Waals surface area contributed by atoms with Crippen molar-refractivity contribution in [3.8, 4) is 11.8 Å². The minimum atomic E-state index is -0.976. The Bertz CT molecular complexity index is 584. The SMILES string of the molecule is Cc1cc(OCC(C)(C#N)NC(C)C)c(F)cc1[N+](=O)[O-]. The number of nitro groups is 1. The number of nitriles is 1. The lowest BCUT2D eigenvalue weighted by atomic mass is 10.1. The number of nitrogens with zero attached hydrogens (tertiary/aromatic N) is 2. The molecular weight excluding hydrogens is 277 g/mol. The molecule has 1 rings (SSSR count). The summed E-state index contributed by atoms with van der Waals surface area (Å²) in [7, 11) is 0. The van der Waals surface area contributed by atoms with Gasteiger partial charge in [0.15, 0.2) is 11.6 Å². The van der Waals surface area contributed by atoms with Crippen molar-refractivity contribution in [1.29, 1.82) is 5.26 Å². The van der Waals surface area contributed by atoms with E-state index in [1.807, 2.05) is 13.8 Å². The first-order chi connectivity index (χ1) is 9.68. The molecule has 7 heteroatoms. The average molecular weight is 295 g/mol. The van der Waals surface area contributed by atoms with E-state index >= 15 is 0 Å². The Morgan fingerprint density at radius 1 is 1.57 bits per heavy atom. The van der Waals surface area contributed by atoms with Crippen molar-refractivity contribution in [2.45, 2.75) is 39.3 Å². The number of aryl methyl sites for hydroxylation is 1. The second-order valence-electron chi connectivity index (χ2n) is 5.36. The normalized spacial score (nSPS) is 13.6. The van der Waals surface area contributed by atoms with Gasteiger partial charge in [0.05, 0.1) is 17.1 Å². The molecule has 6 nitrogen and oxygen atoms in total. The number of nitro benzene ring substituents is 1. The van der Waals surface area contributed by atoms with Crippen molar-refractivity contribution in [2.24, 2.45) is 0 Å². The van der Waals surface area contributed by atoms with Crippen LogP contribution in [0, 0.1) is 34.2 Å². The van der Waals surface area contributed by atoms with Crippen LogP contribution >= 0.6 is 0 Å². The predicted molar refractivity (Wildman–Crippen MR) is 75.6 cm³/mol. The van der Waals surface area contributed by atoms with Gasteiger partial charge in [0.2, 0.25) is 0 Å². The number of nitrogens with one attached hydrogen (secondary N) is 1. The van der Waals surface area contributed by atoms with Crippen molar-refractivity contribution in [2.75, 3.05) is 6.61 Å². The fourth-order valence-electron chi connectivity index (χ4n) is 1.92. The quantitative estimate of drug-likeness (QED) is 0.644. The number of halogens is 1. The van der Waals surface area contributed by atoms with Crippen molar-refractivity contribution < 1.29 is 14.1 Å². The van der Waals surface area contributed by atoms with Gasteiger partial charge in [-0.25, -0.2) is 4.39 Å². The molecule has 0 heterocycles. The zero-order chi connectivity index (χ0) is 16.2. The van der Waals surface area contributed by atoms with Gasteiger partial charge < -0.3 is 4.74 Å². The molecule has 0 amide bonds. The highest BCUT2D eigenvalue weighted by Crippen LogP contribution is 2.27. The molecule has 0 saturated heterocycles. The van der Waals surface area contributed by atoms with Crippen LogP contribution in [-0.4, -0.2) is 23.1 Å². The maximum Gasteiger partial charge on any atom is 0.275 e. The zero-order valence-corrected chi connectivity index (χ0v) is 12.4. The van der Waals surface area contributed by atoms with Crippen LogP contribution in [0.2, 0.25) is 0 Å². The fourth-order valence-corrected chi connectivity index (χ4v) is 1.92. The number of hydrogen-bond acceptors (Lipinski definition) is 5. The Hall–Kier alpha value is -2.20. The largest absolute Gasteiger partial charge is 0.487 e. The molecule has 1 aromatic carbocycles. The van der Waals surface area contributed by atoms with Gasteiger partial charge in [0, 0.05) is 11.6 Å². The van der Waals surface area contributed by atoms with E-state index in [0.29, 0.717) is 5.56 Å². The van der Waals surface area contributed by atoms with Gasteiger partial charge in [-0.15, -0.1) is 0 Å². The molecule has 0 aliphatic rings. The summed E-state index contributed by atoms with van der Waals surface area (Å²) in [5, 5.41) is 22.9. The van der Waals surface area contributed by atoms with Crippen molar-refractivity contribution in [3.63, 3.8) is 0 Å². The molecular formula is C14H18FN3O3. The van der Waals surface area contributed by atoms with Crippen LogP contribution in [0.1, 0.15) is 26.3 Å². The van der Waals surface area contributed by atoms with Crippen LogP contribution in [0.4, 0.5) is 10.1 Å². The minimum absolute atomic E-state index is 0.0571. The molecule has 0 aliphatic carbocycles. The molecule has 0 spiro atoms. The number of ether oxygens (including phenoxy) is 1. The van der Waals surface area contributed by atoms with Crippen LogP contribution in [0.3, 0.4) is 0 Å². The summed E-state index contributed by atoms with van der Waals surface area (Å²) in [5.41, 5.74) is -0.980. The van der Waals surface area contributed by atoms with E-state index < -0.39 is 16.3 Å². The van der Waals surface area contributed by atoms with E-state index in [0.717, 1.165) is 6.07 Å². The smallest absolute Gasteiger partial charge is 0.275 e. The van der Waals surface area contributed by atoms with E-state index in [1.165, 1.54) is 13.0 Å². The summed E-state index contributed by atoms with van der Waals surface area (Å²) in [6.45, 7) is 6.83. The average Bonchev–Trinajstić information content (AvgIpc) is 2.38. The summed E-state index contributed by atoms with van der Waals surface area (Å²) in [5.74, 6) is -0.928. The Morgan fingerprint density at radius 3 is 2.67 bits per heavy atom. The molecule has 0 saturated carbocycles. The van der Waals surface area contributed by atoms with Gasteiger partial charge >= 0.3 is 0 Å². The molecule has 0 aromatic heterocycles. The first-order valence-electron chi connectivity index (χ1n) is 6.45. The highest BCUT2D eigenvalue weighted by atomic mass is 19.1. The Morgan fingerprint density at radius 2 is 2.19 bits per heavy atom. The molecule has 1 aromatic rings. The van der Waals surface area contributed by atoms with Crippen molar-refractivity contribution >= 4 is 5.69 Å². The third-order valence-corrected chi connectivity index (χ3v) is 2.82. The molecule has 0 radical (unpaired) electrons. The van der Waals surface area contributed by atoms with E-state index in [9.17, 15) is 19.8 Å². The molecule has 0 bridgehead atoms. The maximum atomic E-state index is 13.8. The lowest BCUT2D eigenvalue weighted by Crippen LogP contribution is -2.49. The Labute approximate surface area is 122 Å². The van der Waals surface area contributed by atoms with Gasteiger partial charge in [-0.05, 0) is 33.8 Å². The molecule has 1 unspecified atom stereocenters. The van der Waals surface area contributed by atoms with Crippen LogP contribution in [0.25, 0.3) is 0 Å². The third kappa shape index (κ3) is 4.39. The second kappa shape index (κ2) is 6.50. The van der Waals surface area contributed by atoms with Crippen LogP contribution < -0.4 is 10.1 Å². The Kier molecular flexibility index (Phi) is 5.22. The van der Waals surface area contributed by atoms with Gasteiger partial charge in [-0.2, -0.15) is 5.26 Å². The molecule has 114 valence electrons. The summed E-state index contributed by atoms with van der Waals surface area (Å²) in [6.07, 6.45) is 0. The van der Waals surface area contributed by atoms with E-state index in [1.54, 1.807) is 6.92 Å². The fraction of sp³-hybridized carbons (Fsp3) is 0.500. The van der Waals surface area contributed by atoms with Crippen LogP contribution in [-0.2, 0) is 0 Å². The third-order valence-electron chi connectivity index (χ3n) is 2.82. The molecule has 1 atom stereocenters. The summed E-state index contributed by atoms with van der Waals surface area (Å²) in [4.78, 5) is 10.1. The van der Waals surface area contributed by atoms with Crippen LogP contribution in [0.15, 0.2) is 12.1 Å². The van der Waals surface area contributed by atoms with Crippen molar-refractivity contribution in [1.82, 2.24) is 5.32 Å². The monoisotopic (exact) mass is 295 g/mol. The topological polar surface area (TPSA) is 88.2 Å². The van der Waals surface area contributed by atoms with E-state index in [2.05, 4.69) is 11.4 Å². The summed E-state index contributed by atoms with van der Waals surface area (Å²) >= 11 is 0. The molecule has 0 aliphatic heterocycles. The van der Waals surface area contributed by atoms with Gasteiger partial charge in [-0.3, -0.25) is 15.4 Å². The molecule has 21 heavy (non-hydrogen) atoms. The molecule has 1 N–H and O–H groups in total. The van der Waals surface area contributed by atoms with Crippen LogP contribution in [0.5, 0.6) is 5.75 Å². The first-order valence-corrected chi connectivity index (χ1v) is 6.45. The zero-order valence-electron chi connectivity index (χ0n) is 12.4. The summed E-state index contributed by atoms with van der Waals surface area (Å²) in [6, 6.07) is 4.22. The highest BCUT2D eigenvalue weighted by Gasteiger charge is 2.26. The maximum absolute atomic E-state index is 13.8. The van der Waals surface area contributed by atoms with Gasteiger partial charge in [-0.1, -0.05) is 0 Å². The van der Waals surface area contributed by atoms with Gasteiger partial charge in [0.1, 0.15) is 12.1 Å². The predicted octanol–water partition coefficient (Wildman–Crippen LogP) is 2.70. The lowest BCUT2D eigenvalue weighted by Gasteiger charge is -2.26. The van der Waals surface area contributed by atoms with E-state index in [4.69, 9.17) is 4.74 Å².